The lowest BCUT2D eigenvalue weighted by Crippen LogP contribution is -2.15. The van der Waals surface area contributed by atoms with Gasteiger partial charge in [-0.1, -0.05) is 0 Å². The molecule has 1 aliphatic heterocycles. The van der Waals surface area contributed by atoms with Crippen LogP contribution in [0.15, 0.2) is 9.39 Å². The molecule has 0 aliphatic carbocycles. The van der Waals surface area contributed by atoms with E-state index < -0.39 is 0 Å². The summed E-state index contributed by atoms with van der Waals surface area (Å²) in [4.78, 5) is 3.99. The molecule has 1 aromatic heterocycles. The zero-order chi connectivity index (χ0) is 7.52. The van der Waals surface area contributed by atoms with Gasteiger partial charge in [-0.25, -0.2) is 0 Å². The normalized spacial score (nSPS) is 16.5. The van der Waals surface area contributed by atoms with Gasteiger partial charge in [0.2, 0.25) is 6.33 Å². The fourth-order valence-electron chi connectivity index (χ4n) is 0.604. The zero-order valence-electron chi connectivity index (χ0n) is 5.38. The maximum Gasteiger partial charge on any atom is 0.228 e. The minimum atomic E-state index is 0.603. The van der Waals surface area contributed by atoms with Gasteiger partial charge >= 0.3 is 0 Å². The van der Waals surface area contributed by atoms with Crippen molar-refractivity contribution in [3.63, 3.8) is 0 Å². The van der Waals surface area contributed by atoms with Crippen LogP contribution in [-0.4, -0.2) is 38.1 Å². The maximum absolute atomic E-state index is 4.05. The van der Waals surface area contributed by atoms with Gasteiger partial charge in [0.15, 0.2) is 5.84 Å². The first-order valence-electron chi connectivity index (χ1n) is 2.83. The third-order valence-corrected chi connectivity index (χ3v) is 1.61. The first kappa shape index (κ1) is 6.47. The molecule has 6 nitrogen and oxygen atoms in total. The quantitative estimate of drug-likeness (QED) is 0.484. The lowest BCUT2D eigenvalue weighted by molar-refractivity contribution is 0.824. The van der Waals surface area contributed by atoms with Gasteiger partial charge in [-0.05, 0) is 10.4 Å². The second kappa shape index (κ2) is 2.79. The number of hydrogen-bond donors (Lipinski definition) is 0. The average molecular weight is 167 g/mol. The Kier molecular flexibility index (Phi) is 1.64. The lowest BCUT2D eigenvalue weighted by Gasteiger charge is -2.00. The highest BCUT2D eigenvalue weighted by atomic mass is 32.2. The van der Waals surface area contributed by atoms with E-state index in [1.54, 1.807) is 6.21 Å². The molecule has 11 heavy (non-hydrogen) atoms. The number of aliphatic imine (C=N–C) groups is 1. The summed E-state index contributed by atoms with van der Waals surface area (Å²) >= 11 is 1.35. The van der Waals surface area contributed by atoms with Gasteiger partial charge in [-0.3, -0.25) is 4.99 Å². The van der Waals surface area contributed by atoms with Gasteiger partial charge in [0, 0.05) is 11.9 Å². The van der Waals surface area contributed by atoms with Crippen LogP contribution in [0.2, 0.25) is 0 Å². The van der Waals surface area contributed by atoms with E-state index in [2.05, 4.69) is 31.2 Å². The Labute approximate surface area is 66.6 Å². The standard InChI is InChI=1S/C4H3N6S/c1-4(7-11-3-5-1)10-2-6-8-9-10/h1H,3H2. The van der Waals surface area contributed by atoms with Crippen LogP contribution in [0.25, 0.3) is 0 Å². The number of hydrogen-bond acceptors (Lipinski definition) is 6. The third kappa shape index (κ3) is 1.27. The highest BCUT2D eigenvalue weighted by Gasteiger charge is 2.03. The Bertz CT molecular complexity index is 288. The predicted molar refractivity (Wildman–Crippen MR) is 40.4 cm³/mol. The minimum Gasteiger partial charge on any atom is -0.276 e. The van der Waals surface area contributed by atoms with Crippen molar-refractivity contribution in [3.8, 4) is 0 Å². The molecule has 0 saturated carbocycles. The van der Waals surface area contributed by atoms with E-state index in [1.807, 2.05) is 0 Å². The molecular weight excluding hydrogens is 164 g/mol. The molecule has 7 heteroatoms. The summed E-state index contributed by atoms with van der Waals surface area (Å²) in [6.45, 7) is 0. The monoisotopic (exact) mass is 167 g/mol. The molecule has 0 fully saturated rings. The highest BCUT2D eigenvalue weighted by Crippen LogP contribution is 2.05. The molecule has 0 bridgehead atoms. The highest BCUT2D eigenvalue weighted by molar-refractivity contribution is 7.98. The Hall–Kier alpha value is -1.24. The fraction of sp³-hybridized carbons (Fsp3) is 0.250. The summed E-state index contributed by atoms with van der Waals surface area (Å²) in [7, 11) is 0. The van der Waals surface area contributed by atoms with Gasteiger partial charge in [0.05, 0.1) is 6.21 Å². The summed E-state index contributed by atoms with van der Waals surface area (Å²) in [5, 5.41) is 10.4. The second-order valence-electron chi connectivity index (χ2n) is 1.71. The number of aromatic nitrogens is 4. The molecule has 2 rings (SSSR count). The largest absolute Gasteiger partial charge is 0.276 e. The summed E-state index contributed by atoms with van der Waals surface area (Å²) in [6.07, 6.45) is 4.13. The molecule has 0 aromatic carbocycles. The summed E-state index contributed by atoms with van der Waals surface area (Å²) < 4.78 is 5.39. The molecule has 1 aliphatic rings. The zero-order valence-corrected chi connectivity index (χ0v) is 6.19. The Morgan fingerprint density at radius 2 is 2.64 bits per heavy atom. The Morgan fingerprint density at radius 3 is 3.27 bits per heavy atom. The van der Waals surface area contributed by atoms with Crippen LogP contribution >= 0.6 is 11.9 Å². The van der Waals surface area contributed by atoms with Crippen LogP contribution in [0, 0.1) is 6.33 Å². The van der Waals surface area contributed by atoms with E-state index in [0.29, 0.717) is 11.7 Å². The molecule has 1 radical (unpaired) electrons. The van der Waals surface area contributed by atoms with Crippen LogP contribution in [0.1, 0.15) is 0 Å². The first-order valence-corrected chi connectivity index (χ1v) is 3.77. The molecule has 2 heterocycles. The average Bonchev–Trinajstić information content (AvgIpc) is 2.58. The fourth-order valence-corrected chi connectivity index (χ4v) is 1.06. The summed E-state index contributed by atoms with van der Waals surface area (Å²) in [5.74, 6) is 1.26. The van der Waals surface area contributed by atoms with E-state index in [0.717, 1.165) is 0 Å². The minimum absolute atomic E-state index is 0.603. The van der Waals surface area contributed by atoms with Crippen molar-refractivity contribution >= 4 is 24.0 Å². The molecule has 0 N–H and O–H groups in total. The Balaban J connectivity index is 2.29. The van der Waals surface area contributed by atoms with Crippen molar-refractivity contribution in [2.24, 2.45) is 9.39 Å². The van der Waals surface area contributed by atoms with Crippen LogP contribution in [0.3, 0.4) is 0 Å². The number of rotatable bonds is 0. The van der Waals surface area contributed by atoms with Gasteiger partial charge in [-0.2, -0.15) is 9.08 Å². The van der Waals surface area contributed by atoms with Crippen LogP contribution < -0.4 is 0 Å². The lowest BCUT2D eigenvalue weighted by atomic mass is 10.6. The van der Waals surface area contributed by atoms with Crippen LogP contribution in [0.5, 0.6) is 0 Å². The van der Waals surface area contributed by atoms with Crippen molar-refractivity contribution in [2.45, 2.75) is 0 Å². The van der Waals surface area contributed by atoms with E-state index in [-0.39, 0.29) is 0 Å². The van der Waals surface area contributed by atoms with Gasteiger partial charge in [0.1, 0.15) is 5.88 Å². The van der Waals surface area contributed by atoms with E-state index in [9.17, 15) is 0 Å². The molecule has 55 valence electrons. The molecule has 0 amide bonds. The van der Waals surface area contributed by atoms with Gasteiger partial charge in [0.25, 0.3) is 0 Å². The topological polar surface area (TPSA) is 68.3 Å². The number of tetrazole rings is 1. The van der Waals surface area contributed by atoms with Crippen molar-refractivity contribution in [1.29, 1.82) is 0 Å². The maximum atomic E-state index is 4.05. The van der Waals surface area contributed by atoms with Crippen LogP contribution in [0.4, 0.5) is 0 Å². The van der Waals surface area contributed by atoms with E-state index in [4.69, 9.17) is 0 Å². The predicted octanol–water partition coefficient (Wildman–Crippen LogP) is -0.590. The molecule has 0 saturated heterocycles. The second-order valence-corrected chi connectivity index (χ2v) is 2.41. The molecule has 0 spiro atoms. The first-order chi connectivity index (χ1) is 5.47. The van der Waals surface area contributed by atoms with E-state index in [1.165, 1.54) is 16.6 Å². The molecule has 0 atom stereocenters. The van der Waals surface area contributed by atoms with Gasteiger partial charge in [-0.15, -0.1) is 5.10 Å². The van der Waals surface area contributed by atoms with Crippen molar-refractivity contribution in [1.82, 2.24) is 20.2 Å². The third-order valence-electron chi connectivity index (χ3n) is 1.03. The van der Waals surface area contributed by atoms with Crippen molar-refractivity contribution in [2.75, 3.05) is 5.88 Å². The Morgan fingerprint density at radius 1 is 1.64 bits per heavy atom. The molecule has 1 aromatic rings. The SMILES string of the molecule is [c]1nnnn1C1=NSCN=C1. The van der Waals surface area contributed by atoms with Gasteiger partial charge < -0.3 is 0 Å². The van der Waals surface area contributed by atoms with Crippen molar-refractivity contribution < 1.29 is 0 Å². The molecular formula is C4H3N6S. The van der Waals surface area contributed by atoms with Crippen molar-refractivity contribution in [3.05, 3.63) is 6.33 Å². The molecule has 0 unspecified atom stereocenters. The summed E-state index contributed by atoms with van der Waals surface area (Å²) in [5.41, 5.74) is 0. The van der Waals surface area contributed by atoms with Crippen LogP contribution in [-0.2, 0) is 0 Å². The smallest absolute Gasteiger partial charge is 0.228 e. The number of nitrogens with zero attached hydrogens (tertiary/aromatic N) is 6. The van der Waals surface area contributed by atoms with E-state index >= 15 is 0 Å². The summed E-state index contributed by atoms with van der Waals surface area (Å²) in [6, 6.07) is 0.